The largest absolute Gasteiger partial charge is 0.469 e. The summed E-state index contributed by atoms with van der Waals surface area (Å²) in [5, 5.41) is 0. The van der Waals surface area contributed by atoms with Gasteiger partial charge in [0.15, 0.2) is 0 Å². The van der Waals surface area contributed by atoms with Crippen molar-refractivity contribution in [3.05, 3.63) is 0 Å². The first-order valence-corrected chi connectivity index (χ1v) is 5.82. The van der Waals surface area contributed by atoms with Gasteiger partial charge in [-0.15, -0.1) is 0 Å². The Morgan fingerprint density at radius 1 is 1.18 bits per heavy atom. The average Bonchev–Trinajstić information content (AvgIpc) is 2.32. The maximum atomic E-state index is 11.8. The molecule has 0 N–H and O–H groups in total. The zero-order valence-corrected chi connectivity index (χ0v) is 10.7. The number of esters is 2. The minimum Gasteiger partial charge on any atom is -0.469 e. The van der Waals surface area contributed by atoms with Gasteiger partial charge in [0.05, 0.1) is 20.1 Å². The summed E-state index contributed by atoms with van der Waals surface area (Å²) in [4.78, 5) is 34.4. The molecule has 5 heteroatoms. The Morgan fingerprint density at radius 2 is 1.82 bits per heavy atom. The van der Waals surface area contributed by atoms with Gasteiger partial charge in [-0.2, -0.15) is 0 Å². The van der Waals surface area contributed by atoms with E-state index in [-0.39, 0.29) is 25.2 Å². The molecule has 0 bridgehead atoms. The number of unbranched alkanes of at least 4 members (excludes halogenated alkanes) is 1. The van der Waals surface area contributed by atoms with Crippen molar-refractivity contribution in [1.82, 2.24) is 0 Å². The van der Waals surface area contributed by atoms with Gasteiger partial charge in [-0.25, -0.2) is 0 Å². The smallest absolute Gasteiger partial charge is 0.317 e. The van der Waals surface area contributed by atoms with Crippen LogP contribution >= 0.6 is 0 Å². The quantitative estimate of drug-likeness (QED) is 0.478. The van der Waals surface area contributed by atoms with Crippen LogP contribution in [-0.2, 0) is 23.9 Å². The summed E-state index contributed by atoms with van der Waals surface area (Å²) < 4.78 is 9.25. The Labute approximate surface area is 101 Å². The Kier molecular flexibility index (Phi) is 8.01. The van der Waals surface area contributed by atoms with Crippen molar-refractivity contribution in [1.29, 1.82) is 0 Å². The van der Waals surface area contributed by atoms with E-state index in [1.54, 1.807) is 6.92 Å². The van der Waals surface area contributed by atoms with Crippen LogP contribution in [0.4, 0.5) is 0 Å². The van der Waals surface area contributed by atoms with Crippen LogP contribution in [0.3, 0.4) is 0 Å². The van der Waals surface area contributed by atoms with Gasteiger partial charge in [0, 0.05) is 6.42 Å². The number of hydrogen-bond acceptors (Lipinski definition) is 5. The molecule has 0 saturated carbocycles. The fraction of sp³-hybridized carbons (Fsp3) is 0.750. The summed E-state index contributed by atoms with van der Waals surface area (Å²) >= 11 is 0. The van der Waals surface area contributed by atoms with Gasteiger partial charge in [-0.05, 0) is 13.3 Å². The van der Waals surface area contributed by atoms with Crippen molar-refractivity contribution in [2.24, 2.45) is 5.92 Å². The second-order valence-corrected chi connectivity index (χ2v) is 3.65. The second-order valence-electron chi connectivity index (χ2n) is 3.65. The summed E-state index contributed by atoms with van der Waals surface area (Å²) in [6.07, 6.45) is 1.62. The Morgan fingerprint density at radius 3 is 2.29 bits per heavy atom. The highest BCUT2D eigenvalue weighted by atomic mass is 16.5. The zero-order chi connectivity index (χ0) is 13.3. The summed E-state index contributed by atoms with van der Waals surface area (Å²) in [7, 11) is 1.22. The first-order valence-electron chi connectivity index (χ1n) is 5.82. The molecule has 0 aliphatic rings. The molecular weight excluding hydrogens is 224 g/mol. The summed E-state index contributed by atoms with van der Waals surface area (Å²) in [5.41, 5.74) is 0. The number of Topliss-reactive ketones (excluding diaryl/α,β-unsaturated/α-hetero) is 1. The van der Waals surface area contributed by atoms with Gasteiger partial charge in [0.1, 0.15) is 11.7 Å². The number of hydrogen-bond donors (Lipinski definition) is 0. The predicted octanol–water partition coefficient (Wildman–Crippen LogP) is 1.49. The number of ketones is 1. The molecule has 1 atom stereocenters. The van der Waals surface area contributed by atoms with Gasteiger partial charge in [0.2, 0.25) is 0 Å². The fourth-order valence-corrected chi connectivity index (χ4v) is 1.35. The van der Waals surface area contributed by atoms with E-state index in [0.717, 1.165) is 6.42 Å². The number of rotatable bonds is 8. The van der Waals surface area contributed by atoms with Crippen molar-refractivity contribution in [2.75, 3.05) is 13.7 Å². The summed E-state index contributed by atoms with van der Waals surface area (Å²) in [5.74, 6) is -2.49. The number of carbonyl (C=O) groups excluding carboxylic acids is 3. The van der Waals surface area contributed by atoms with Crippen LogP contribution < -0.4 is 0 Å². The molecule has 98 valence electrons. The Bertz CT molecular complexity index is 272. The summed E-state index contributed by atoms with van der Waals surface area (Å²) in [6.45, 7) is 3.80. The lowest BCUT2D eigenvalue weighted by Gasteiger charge is -2.13. The van der Waals surface area contributed by atoms with Crippen molar-refractivity contribution in [3.63, 3.8) is 0 Å². The third-order valence-electron chi connectivity index (χ3n) is 2.33. The Hall–Kier alpha value is -1.39. The van der Waals surface area contributed by atoms with Crippen LogP contribution in [0.1, 0.15) is 39.5 Å². The highest BCUT2D eigenvalue weighted by molar-refractivity contribution is 6.01. The minimum atomic E-state index is -1.02. The van der Waals surface area contributed by atoms with E-state index in [2.05, 4.69) is 4.74 Å². The van der Waals surface area contributed by atoms with Gasteiger partial charge in [0.25, 0.3) is 0 Å². The molecule has 17 heavy (non-hydrogen) atoms. The lowest BCUT2D eigenvalue weighted by molar-refractivity contribution is -0.157. The van der Waals surface area contributed by atoms with Crippen molar-refractivity contribution in [2.45, 2.75) is 39.5 Å². The summed E-state index contributed by atoms with van der Waals surface area (Å²) in [6, 6.07) is 0. The van der Waals surface area contributed by atoms with E-state index < -0.39 is 17.9 Å². The van der Waals surface area contributed by atoms with Crippen molar-refractivity contribution < 1.29 is 23.9 Å². The predicted molar refractivity (Wildman–Crippen MR) is 61.3 cm³/mol. The highest BCUT2D eigenvalue weighted by Crippen LogP contribution is 2.13. The van der Waals surface area contributed by atoms with E-state index in [9.17, 15) is 14.4 Å². The monoisotopic (exact) mass is 244 g/mol. The molecule has 0 rings (SSSR count). The standard InChI is InChI=1S/C12H20O5/c1-4-6-7-10(13)9(8-11(14)16-3)12(15)17-5-2/h9H,4-8H2,1-3H3. The van der Waals surface area contributed by atoms with Crippen LogP contribution in [0.15, 0.2) is 0 Å². The van der Waals surface area contributed by atoms with E-state index in [0.29, 0.717) is 6.42 Å². The molecule has 0 aromatic heterocycles. The van der Waals surface area contributed by atoms with Crippen LogP contribution in [-0.4, -0.2) is 31.4 Å². The lowest BCUT2D eigenvalue weighted by Crippen LogP contribution is -2.29. The molecule has 0 heterocycles. The maximum Gasteiger partial charge on any atom is 0.317 e. The fourth-order valence-electron chi connectivity index (χ4n) is 1.35. The zero-order valence-electron chi connectivity index (χ0n) is 10.7. The molecule has 0 aliphatic heterocycles. The third-order valence-corrected chi connectivity index (χ3v) is 2.33. The van der Waals surface area contributed by atoms with E-state index >= 15 is 0 Å². The molecule has 1 unspecified atom stereocenters. The van der Waals surface area contributed by atoms with Crippen LogP contribution in [0.25, 0.3) is 0 Å². The molecule has 0 saturated heterocycles. The Balaban J connectivity index is 4.53. The van der Waals surface area contributed by atoms with Gasteiger partial charge < -0.3 is 9.47 Å². The molecule has 0 amide bonds. The lowest BCUT2D eigenvalue weighted by atomic mass is 9.96. The number of methoxy groups -OCH3 is 1. The molecule has 0 radical (unpaired) electrons. The minimum absolute atomic E-state index is 0.192. The molecule has 0 fully saturated rings. The van der Waals surface area contributed by atoms with E-state index in [4.69, 9.17) is 4.74 Å². The number of ether oxygens (including phenoxy) is 2. The maximum absolute atomic E-state index is 11.8. The van der Waals surface area contributed by atoms with Gasteiger partial charge in [-0.3, -0.25) is 14.4 Å². The molecule has 0 aliphatic carbocycles. The third kappa shape index (κ3) is 6.04. The van der Waals surface area contributed by atoms with Gasteiger partial charge in [-0.1, -0.05) is 13.3 Å². The van der Waals surface area contributed by atoms with Crippen LogP contribution in [0, 0.1) is 5.92 Å². The first-order chi connectivity index (χ1) is 8.06. The van der Waals surface area contributed by atoms with E-state index in [1.807, 2.05) is 6.92 Å². The van der Waals surface area contributed by atoms with E-state index in [1.165, 1.54) is 7.11 Å². The average molecular weight is 244 g/mol. The molecule has 0 aromatic carbocycles. The second kappa shape index (κ2) is 8.73. The highest BCUT2D eigenvalue weighted by Gasteiger charge is 2.30. The van der Waals surface area contributed by atoms with Crippen LogP contribution in [0.2, 0.25) is 0 Å². The topological polar surface area (TPSA) is 69.7 Å². The normalized spacial score (nSPS) is 11.7. The number of carbonyl (C=O) groups is 3. The van der Waals surface area contributed by atoms with Gasteiger partial charge >= 0.3 is 11.9 Å². The molecule has 0 spiro atoms. The SMILES string of the molecule is CCCCC(=O)C(CC(=O)OC)C(=O)OCC. The van der Waals surface area contributed by atoms with Crippen molar-refractivity contribution in [3.8, 4) is 0 Å². The van der Waals surface area contributed by atoms with Crippen LogP contribution in [0.5, 0.6) is 0 Å². The molecule has 0 aromatic rings. The van der Waals surface area contributed by atoms with Crippen molar-refractivity contribution >= 4 is 17.7 Å². The molecular formula is C12H20O5. The molecule has 5 nitrogen and oxygen atoms in total. The first kappa shape index (κ1) is 15.6.